The highest BCUT2D eigenvalue weighted by Gasteiger charge is 2.26. The molecule has 0 atom stereocenters. The van der Waals surface area contributed by atoms with Gasteiger partial charge in [0.25, 0.3) is 5.91 Å². The van der Waals surface area contributed by atoms with Gasteiger partial charge >= 0.3 is 0 Å². The van der Waals surface area contributed by atoms with Crippen LogP contribution in [0, 0.1) is 0 Å². The third kappa shape index (κ3) is 4.87. The summed E-state index contributed by atoms with van der Waals surface area (Å²) in [5.41, 5.74) is 2.17. The van der Waals surface area contributed by atoms with Crippen molar-refractivity contribution in [3.8, 4) is 0 Å². The minimum Gasteiger partial charge on any atom is -0.348 e. The van der Waals surface area contributed by atoms with Crippen LogP contribution in [0.3, 0.4) is 0 Å². The normalized spacial score (nSPS) is 13.4. The lowest BCUT2D eigenvalue weighted by atomic mass is 10.1. The Balaban J connectivity index is 1.70. The van der Waals surface area contributed by atoms with Crippen LogP contribution >= 0.6 is 23.5 Å². The molecule has 5 heteroatoms. The highest BCUT2D eigenvalue weighted by molar-refractivity contribution is 8.37. The molecule has 1 aliphatic rings. The van der Waals surface area contributed by atoms with Crippen LogP contribution in [0.4, 0.5) is 0 Å². The second-order valence-corrected chi connectivity index (χ2v) is 7.94. The summed E-state index contributed by atoms with van der Waals surface area (Å²) in [6.07, 6.45) is 3.21. The molecule has 3 rings (SSSR count). The zero-order valence-electron chi connectivity index (χ0n) is 13.5. The monoisotopic (exact) mass is 367 g/mol. The maximum absolute atomic E-state index is 12.6. The topological polar surface area (TPSA) is 46.2 Å². The van der Waals surface area contributed by atoms with Gasteiger partial charge in [0.15, 0.2) is 5.78 Å². The summed E-state index contributed by atoms with van der Waals surface area (Å²) in [4.78, 5) is 25.1. The van der Waals surface area contributed by atoms with Crippen molar-refractivity contribution in [2.24, 2.45) is 0 Å². The van der Waals surface area contributed by atoms with Crippen molar-refractivity contribution in [2.45, 2.75) is 6.54 Å². The van der Waals surface area contributed by atoms with Gasteiger partial charge < -0.3 is 5.32 Å². The van der Waals surface area contributed by atoms with E-state index >= 15 is 0 Å². The molecular weight excluding hydrogens is 350 g/mol. The van der Waals surface area contributed by atoms with Crippen LogP contribution in [0.2, 0.25) is 0 Å². The van der Waals surface area contributed by atoms with Crippen LogP contribution in [0.1, 0.15) is 11.1 Å². The van der Waals surface area contributed by atoms with E-state index < -0.39 is 0 Å². The molecule has 0 aliphatic carbocycles. The maximum atomic E-state index is 12.6. The van der Waals surface area contributed by atoms with Gasteiger partial charge in [-0.2, -0.15) is 0 Å². The quantitative estimate of drug-likeness (QED) is 0.471. The molecule has 1 saturated heterocycles. The number of amides is 1. The van der Waals surface area contributed by atoms with E-state index in [0.717, 1.165) is 20.4 Å². The van der Waals surface area contributed by atoms with Crippen LogP contribution in [0.15, 0.2) is 76.5 Å². The average molecular weight is 367 g/mol. The van der Waals surface area contributed by atoms with Crippen molar-refractivity contribution in [1.82, 2.24) is 5.32 Å². The first kappa shape index (κ1) is 17.6. The Kier molecular flexibility index (Phi) is 6.14. The fourth-order valence-corrected chi connectivity index (χ4v) is 3.87. The van der Waals surface area contributed by atoms with Crippen LogP contribution < -0.4 is 5.32 Å². The molecule has 1 amide bonds. The van der Waals surface area contributed by atoms with Crippen molar-refractivity contribution in [3.05, 3.63) is 87.7 Å². The lowest BCUT2D eigenvalue weighted by Gasteiger charge is -2.18. The van der Waals surface area contributed by atoms with Gasteiger partial charge in [0.2, 0.25) is 0 Å². The Morgan fingerprint density at radius 3 is 2.20 bits per heavy atom. The van der Waals surface area contributed by atoms with E-state index in [2.05, 4.69) is 5.32 Å². The van der Waals surface area contributed by atoms with Gasteiger partial charge in [-0.15, -0.1) is 23.5 Å². The first-order valence-corrected chi connectivity index (χ1v) is 9.80. The first-order chi connectivity index (χ1) is 12.2. The van der Waals surface area contributed by atoms with Gasteiger partial charge in [-0.3, -0.25) is 9.59 Å². The van der Waals surface area contributed by atoms with E-state index in [1.165, 1.54) is 6.08 Å². The smallest absolute Gasteiger partial charge is 0.257 e. The van der Waals surface area contributed by atoms with E-state index in [1.807, 2.05) is 60.7 Å². The second kappa shape index (κ2) is 8.74. The summed E-state index contributed by atoms with van der Waals surface area (Å²) in [5.74, 6) is -0.578. The molecule has 0 aromatic heterocycles. The minimum atomic E-state index is -0.318. The molecule has 126 valence electrons. The lowest BCUT2D eigenvalue weighted by molar-refractivity contribution is -0.121. The number of thioether (sulfide) groups is 2. The molecule has 1 N–H and O–H groups in total. The molecule has 25 heavy (non-hydrogen) atoms. The predicted octanol–water partition coefficient (Wildman–Crippen LogP) is 4.23. The van der Waals surface area contributed by atoms with Gasteiger partial charge in [0, 0.05) is 11.6 Å². The Hall–Kier alpha value is -2.24. The number of ketones is 1. The molecule has 3 nitrogen and oxygen atoms in total. The van der Waals surface area contributed by atoms with Crippen LogP contribution in [-0.4, -0.2) is 16.8 Å². The third-order valence-electron chi connectivity index (χ3n) is 3.58. The van der Waals surface area contributed by atoms with Crippen molar-refractivity contribution in [1.29, 1.82) is 0 Å². The van der Waals surface area contributed by atoms with Crippen LogP contribution in [0.5, 0.6) is 0 Å². The SMILES string of the molecule is O=C(C=Cc1ccccc1)C(C(=O)NCc1ccccc1)=C1SCS1. The highest BCUT2D eigenvalue weighted by Crippen LogP contribution is 2.45. The molecule has 2 aromatic rings. The summed E-state index contributed by atoms with van der Waals surface area (Å²) < 4.78 is 0.799. The zero-order chi connectivity index (χ0) is 17.5. The van der Waals surface area contributed by atoms with Crippen molar-refractivity contribution in [2.75, 3.05) is 5.08 Å². The molecule has 0 bridgehead atoms. The Morgan fingerprint density at radius 2 is 1.60 bits per heavy atom. The van der Waals surface area contributed by atoms with Crippen LogP contribution in [0.25, 0.3) is 6.08 Å². The summed E-state index contributed by atoms with van der Waals surface area (Å²) in [6.45, 7) is 0.404. The van der Waals surface area contributed by atoms with E-state index in [0.29, 0.717) is 6.54 Å². The number of allylic oxidation sites excluding steroid dienone is 1. The Morgan fingerprint density at radius 1 is 0.960 bits per heavy atom. The second-order valence-electron chi connectivity index (χ2n) is 5.35. The number of carbonyl (C=O) groups excluding carboxylic acids is 2. The van der Waals surface area contributed by atoms with E-state index in [-0.39, 0.29) is 17.3 Å². The van der Waals surface area contributed by atoms with Crippen LogP contribution in [-0.2, 0) is 16.1 Å². The summed E-state index contributed by atoms with van der Waals surface area (Å²) in [5, 5.41) is 3.72. The van der Waals surface area contributed by atoms with E-state index in [9.17, 15) is 9.59 Å². The average Bonchev–Trinajstić information content (AvgIpc) is 2.62. The fourth-order valence-electron chi connectivity index (χ4n) is 2.25. The number of hydrogen-bond acceptors (Lipinski definition) is 4. The van der Waals surface area contributed by atoms with Crippen molar-refractivity contribution in [3.63, 3.8) is 0 Å². The Bertz CT molecular complexity index is 808. The number of benzene rings is 2. The molecular formula is C20H17NO2S2. The standard InChI is InChI=1S/C20H17NO2S2/c22-17(12-11-15-7-3-1-4-8-15)18(20-24-14-25-20)19(23)21-13-16-9-5-2-6-10-16/h1-12H,13-14H2,(H,21,23). The van der Waals surface area contributed by atoms with Gasteiger partial charge in [-0.1, -0.05) is 66.7 Å². The molecule has 0 unspecified atom stereocenters. The van der Waals surface area contributed by atoms with E-state index in [1.54, 1.807) is 29.6 Å². The first-order valence-electron chi connectivity index (χ1n) is 7.83. The Labute approximate surface area is 155 Å². The van der Waals surface area contributed by atoms with E-state index in [4.69, 9.17) is 0 Å². The molecule has 1 fully saturated rings. The fraction of sp³-hybridized carbons (Fsp3) is 0.100. The third-order valence-corrected chi connectivity index (χ3v) is 6.16. The highest BCUT2D eigenvalue weighted by atomic mass is 32.3. The molecule has 0 radical (unpaired) electrons. The number of hydrogen-bond donors (Lipinski definition) is 1. The largest absolute Gasteiger partial charge is 0.348 e. The molecule has 1 heterocycles. The molecule has 0 saturated carbocycles. The molecule has 2 aromatic carbocycles. The van der Waals surface area contributed by atoms with Crippen molar-refractivity contribution < 1.29 is 9.59 Å². The van der Waals surface area contributed by atoms with Crippen molar-refractivity contribution >= 4 is 41.3 Å². The lowest BCUT2D eigenvalue weighted by Crippen LogP contribution is -2.28. The number of nitrogens with one attached hydrogen (secondary N) is 1. The zero-order valence-corrected chi connectivity index (χ0v) is 15.1. The van der Waals surface area contributed by atoms with Gasteiger partial charge in [0.05, 0.1) is 4.24 Å². The summed E-state index contributed by atoms with van der Waals surface area (Å²) in [6, 6.07) is 19.2. The van der Waals surface area contributed by atoms with Gasteiger partial charge in [-0.05, 0) is 17.2 Å². The molecule has 1 aliphatic heterocycles. The predicted molar refractivity (Wildman–Crippen MR) is 106 cm³/mol. The molecule has 0 spiro atoms. The van der Waals surface area contributed by atoms with Gasteiger partial charge in [0.1, 0.15) is 5.57 Å². The summed E-state index contributed by atoms with van der Waals surface area (Å²) >= 11 is 3.08. The maximum Gasteiger partial charge on any atom is 0.257 e. The number of carbonyl (C=O) groups is 2. The minimum absolute atomic E-state index is 0.240. The summed E-state index contributed by atoms with van der Waals surface area (Å²) in [7, 11) is 0. The number of rotatable bonds is 6. The van der Waals surface area contributed by atoms with Gasteiger partial charge in [-0.25, -0.2) is 0 Å².